The molecule has 2 amide bonds. The van der Waals surface area contributed by atoms with Crippen LogP contribution in [0.2, 0.25) is 0 Å². The maximum Gasteiger partial charge on any atom is 0.352 e. The third-order valence-corrected chi connectivity index (χ3v) is 3.06. The molecule has 0 atom stereocenters. The molecule has 0 saturated heterocycles. The number of carbonyl (C=O) groups excluding carboxylic acids is 1. The quantitative estimate of drug-likeness (QED) is 0.887. The van der Waals surface area contributed by atoms with Crippen LogP contribution >= 0.6 is 0 Å². The number of carboxylic acid groups (broad SMARTS) is 1. The average molecular weight is 260 g/mol. The van der Waals surface area contributed by atoms with Crippen molar-refractivity contribution in [2.24, 2.45) is 4.99 Å². The van der Waals surface area contributed by atoms with Gasteiger partial charge in [-0.3, -0.25) is 4.90 Å². The van der Waals surface area contributed by atoms with Gasteiger partial charge >= 0.3 is 12.0 Å². The molecule has 0 aliphatic carbocycles. The molecule has 1 aromatic carbocycles. The fraction of sp³-hybridized carbons (Fsp3) is 0.357. The van der Waals surface area contributed by atoms with E-state index in [1.807, 2.05) is 24.3 Å². The Kier molecular flexibility index (Phi) is 3.14. The summed E-state index contributed by atoms with van der Waals surface area (Å²) in [6.45, 7) is 6.33. The summed E-state index contributed by atoms with van der Waals surface area (Å²) in [7, 11) is 0. The van der Waals surface area contributed by atoms with Crippen LogP contribution in [0.1, 0.15) is 26.3 Å². The van der Waals surface area contributed by atoms with E-state index in [0.29, 0.717) is 5.69 Å². The van der Waals surface area contributed by atoms with Gasteiger partial charge in [0.1, 0.15) is 0 Å². The van der Waals surface area contributed by atoms with E-state index in [1.54, 1.807) is 0 Å². The zero-order valence-electron chi connectivity index (χ0n) is 11.2. The topological polar surface area (TPSA) is 70.0 Å². The molecule has 5 heteroatoms. The highest BCUT2D eigenvalue weighted by molar-refractivity contribution is 6.41. The van der Waals surface area contributed by atoms with Crippen molar-refractivity contribution in [2.75, 3.05) is 11.4 Å². The molecule has 0 unspecified atom stereocenters. The summed E-state index contributed by atoms with van der Waals surface area (Å²) >= 11 is 0. The Hall–Kier alpha value is -2.17. The number of nitrogens with zero attached hydrogens (tertiary/aromatic N) is 2. The Labute approximate surface area is 111 Å². The first kappa shape index (κ1) is 13.3. The normalized spacial score (nSPS) is 15.6. The summed E-state index contributed by atoms with van der Waals surface area (Å²) in [5.41, 5.74) is 1.74. The molecule has 5 nitrogen and oxygen atoms in total. The maximum absolute atomic E-state index is 11.6. The summed E-state index contributed by atoms with van der Waals surface area (Å²) in [6, 6.07) is 7.00. The van der Waals surface area contributed by atoms with Crippen LogP contribution in [0.4, 0.5) is 10.5 Å². The van der Waals surface area contributed by atoms with Gasteiger partial charge in [-0.25, -0.2) is 9.59 Å². The minimum atomic E-state index is -1.15. The van der Waals surface area contributed by atoms with Crippen molar-refractivity contribution in [3.8, 4) is 0 Å². The molecule has 19 heavy (non-hydrogen) atoms. The van der Waals surface area contributed by atoms with Crippen molar-refractivity contribution >= 4 is 23.4 Å². The third kappa shape index (κ3) is 2.65. The van der Waals surface area contributed by atoms with Crippen molar-refractivity contribution in [3.05, 3.63) is 29.8 Å². The monoisotopic (exact) mass is 260 g/mol. The number of aliphatic carboxylic acids is 1. The highest BCUT2D eigenvalue weighted by Gasteiger charge is 2.28. The standard InChI is InChI=1S/C14H16N2O3/c1-14(2,3)9-4-6-10(7-5-9)16-8-11(12(17)18)15-13(16)19/h4-7H,8H2,1-3H3,(H,17,18). The Bertz CT molecular complexity index is 553. The Balaban J connectivity index is 2.21. The minimum absolute atomic E-state index is 0.0169. The van der Waals surface area contributed by atoms with Crippen molar-refractivity contribution in [1.29, 1.82) is 0 Å². The SMILES string of the molecule is CC(C)(C)c1ccc(N2CC(C(=O)O)=NC2=O)cc1. The Morgan fingerprint density at radius 1 is 1.26 bits per heavy atom. The molecule has 1 N–H and O–H groups in total. The average Bonchev–Trinajstić information content (AvgIpc) is 2.70. The summed E-state index contributed by atoms with van der Waals surface area (Å²) in [5.74, 6) is -1.15. The highest BCUT2D eigenvalue weighted by Crippen LogP contribution is 2.26. The van der Waals surface area contributed by atoms with E-state index in [2.05, 4.69) is 25.8 Å². The molecule has 1 aliphatic heterocycles. The van der Waals surface area contributed by atoms with Crippen LogP contribution in [0.25, 0.3) is 0 Å². The molecule has 0 bridgehead atoms. The van der Waals surface area contributed by atoms with Gasteiger partial charge in [0.15, 0.2) is 5.71 Å². The molecule has 0 aromatic heterocycles. The predicted molar refractivity (Wildman–Crippen MR) is 73.0 cm³/mol. The van der Waals surface area contributed by atoms with Crippen LogP contribution in [0.3, 0.4) is 0 Å². The van der Waals surface area contributed by atoms with E-state index in [4.69, 9.17) is 5.11 Å². The second-order valence-electron chi connectivity index (χ2n) is 5.53. The lowest BCUT2D eigenvalue weighted by molar-refractivity contribution is -0.129. The van der Waals surface area contributed by atoms with E-state index in [0.717, 1.165) is 5.56 Å². The number of amides is 2. The molecule has 0 spiro atoms. The van der Waals surface area contributed by atoms with Crippen molar-refractivity contribution in [1.82, 2.24) is 0 Å². The molecule has 100 valence electrons. The first-order valence-corrected chi connectivity index (χ1v) is 6.02. The zero-order chi connectivity index (χ0) is 14.2. The van der Waals surface area contributed by atoms with Gasteiger partial charge in [0.2, 0.25) is 0 Å². The van der Waals surface area contributed by atoms with Gasteiger partial charge in [-0.1, -0.05) is 32.9 Å². The van der Waals surface area contributed by atoms with E-state index in [1.165, 1.54) is 4.90 Å². The third-order valence-electron chi connectivity index (χ3n) is 3.06. The van der Waals surface area contributed by atoms with Gasteiger partial charge in [-0.05, 0) is 23.1 Å². The fourth-order valence-electron chi connectivity index (χ4n) is 1.89. The Morgan fingerprint density at radius 3 is 2.26 bits per heavy atom. The van der Waals surface area contributed by atoms with Crippen LogP contribution in [-0.2, 0) is 10.2 Å². The van der Waals surface area contributed by atoms with Gasteiger partial charge in [-0.2, -0.15) is 4.99 Å². The summed E-state index contributed by atoms with van der Waals surface area (Å²) in [5, 5.41) is 8.84. The summed E-state index contributed by atoms with van der Waals surface area (Å²) < 4.78 is 0. The van der Waals surface area contributed by atoms with Gasteiger partial charge < -0.3 is 5.11 Å². The summed E-state index contributed by atoms with van der Waals surface area (Å²) in [4.78, 5) is 27.3. The first-order chi connectivity index (χ1) is 8.79. The fourth-order valence-corrected chi connectivity index (χ4v) is 1.89. The number of rotatable bonds is 2. The molecule has 0 fully saturated rings. The lowest BCUT2D eigenvalue weighted by atomic mass is 9.87. The van der Waals surface area contributed by atoms with Crippen molar-refractivity contribution in [2.45, 2.75) is 26.2 Å². The van der Waals surface area contributed by atoms with E-state index in [9.17, 15) is 9.59 Å². The lowest BCUT2D eigenvalue weighted by Gasteiger charge is -2.21. The number of hydrogen-bond acceptors (Lipinski definition) is 2. The number of aliphatic imine (C=N–C) groups is 1. The summed E-state index contributed by atoms with van der Waals surface area (Å²) in [6.07, 6.45) is 0. The number of carboxylic acids is 1. The van der Waals surface area contributed by atoms with Crippen LogP contribution in [0.15, 0.2) is 29.3 Å². The number of anilines is 1. The van der Waals surface area contributed by atoms with Gasteiger partial charge in [0.25, 0.3) is 0 Å². The largest absolute Gasteiger partial charge is 0.477 e. The highest BCUT2D eigenvalue weighted by atomic mass is 16.4. The van der Waals surface area contributed by atoms with Crippen molar-refractivity contribution in [3.63, 3.8) is 0 Å². The Morgan fingerprint density at radius 2 is 1.84 bits per heavy atom. The van der Waals surface area contributed by atoms with E-state index in [-0.39, 0.29) is 17.7 Å². The van der Waals surface area contributed by atoms with Crippen molar-refractivity contribution < 1.29 is 14.7 Å². The zero-order valence-corrected chi connectivity index (χ0v) is 11.2. The predicted octanol–water partition coefficient (Wildman–Crippen LogP) is 2.45. The molecule has 1 aliphatic rings. The molecule has 0 saturated carbocycles. The molecule has 2 rings (SSSR count). The van der Waals surface area contributed by atoms with E-state index < -0.39 is 12.0 Å². The first-order valence-electron chi connectivity index (χ1n) is 6.02. The number of urea groups is 1. The number of hydrogen-bond donors (Lipinski definition) is 1. The minimum Gasteiger partial charge on any atom is -0.477 e. The molecular weight excluding hydrogens is 244 g/mol. The van der Waals surface area contributed by atoms with Gasteiger partial charge in [-0.15, -0.1) is 0 Å². The van der Waals surface area contributed by atoms with E-state index >= 15 is 0 Å². The second kappa shape index (κ2) is 4.50. The smallest absolute Gasteiger partial charge is 0.352 e. The van der Waals surface area contributed by atoms with Crippen LogP contribution in [0, 0.1) is 0 Å². The van der Waals surface area contributed by atoms with Gasteiger partial charge in [0.05, 0.1) is 6.54 Å². The van der Waals surface area contributed by atoms with Crippen LogP contribution in [0.5, 0.6) is 0 Å². The number of benzene rings is 1. The van der Waals surface area contributed by atoms with Crippen LogP contribution < -0.4 is 4.90 Å². The molecule has 1 aromatic rings. The maximum atomic E-state index is 11.6. The lowest BCUT2D eigenvalue weighted by Crippen LogP contribution is -2.28. The number of carbonyl (C=O) groups is 2. The molecule has 0 radical (unpaired) electrons. The second-order valence-corrected chi connectivity index (χ2v) is 5.53. The van der Waals surface area contributed by atoms with Crippen LogP contribution in [-0.4, -0.2) is 29.4 Å². The molecular formula is C14H16N2O3. The molecule has 1 heterocycles. The van der Waals surface area contributed by atoms with Gasteiger partial charge in [0, 0.05) is 5.69 Å².